The van der Waals surface area contributed by atoms with Crippen LogP contribution in [0, 0.1) is 0 Å². The molecular weight excluding hydrogens is 227 g/mol. The lowest BCUT2D eigenvalue weighted by Gasteiger charge is -2.16. The van der Waals surface area contributed by atoms with Gasteiger partial charge in [-0.25, -0.2) is 0 Å². The van der Waals surface area contributed by atoms with Crippen molar-refractivity contribution < 1.29 is 0 Å². The fourth-order valence-corrected chi connectivity index (χ4v) is 3.37. The van der Waals surface area contributed by atoms with Crippen LogP contribution in [0.5, 0.6) is 0 Å². The topological polar surface area (TPSA) is 0 Å². The van der Waals surface area contributed by atoms with Gasteiger partial charge in [-0.15, -0.1) is 0 Å². The molecule has 0 saturated heterocycles. The van der Waals surface area contributed by atoms with E-state index in [1.807, 2.05) is 0 Å². The van der Waals surface area contributed by atoms with Gasteiger partial charge in [0.05, 0.1) is 8.07 Å². The van der Waals surface area contributed by atoms with E-state index in [-0.39, 0.29) is 0 Å². The lowest BCUT2D eigenvalue weighted by Crippen LogP contribution is -2.26. The molecule has 0 rings (SSSR count). The number of rotatable bonds is 3. The van der Waals surface area contributed by atoms with Crippen molar-refractivity contribution in [1.29, 1.82) is 0 Å². The molecule has 0 aromatic rings. The maximum atomic E-state index is 2.52. The third-order valence-electron chi connectivity index (χ3n) is 1.29. The first-order chi connectivity index (χ1) is 3.62. The predicted molar refractivity (Wildman–Crippen MR) is 51.5 cm³/mol. The Bertz CT molecular complexity index is 61.5. The number of hydrogen-bond acceptors (Lipinski definition) is 0. The molecule has 8 heavy (non-hydrogen) atoms. The van der Waals surface area contributed by atoms with E-state index >= 15 is 0 Å². The molecule has 50 valence electrons. The van der Waals surface area contributed by atoms with Crippen molar-refractivity contribution in [1.82, 2.24) is 0 Å². The first-order valence-corrected chi connectivity index (χ1v) is 8.12. The highest BCUT2D eigenvalue weighted by atomic mass is 127. The smallest absolute Gasteiger partial charge is 0.0578 e. The molecule has 0 unspecified atom stereocenters. The van der Waals surface area contributed by atoms with Crippen molar-refractivity contribution in [2.45, 2.75) is 32.5 Å². The molecule has 0 N–H and O–H groups in total. The first-order valence-electron chi connectivity index (χ1n) is 3.18. The van der Waals surface area contributed by atoms with Gasteiger partial charge in [0.1, 0.15) is 0 Å². The summed E-state index contributed by atoms with van der Waals surface area (Å²) >= 11 is 2.52. The van der Waals surface area contributed by atoms with E-state index in [9.17, 15) is 0 Å². The quantitative estimate of drug-likeness (QED) is 0.405. The Kier molecular flexibility index (Phi) is 4.33. The molecular formula is C6H15ISi. The zero-order valence-corrected chi connectivity index (χ0v) is 9.16. The molecule has 0 aromatic carbocycles. The van der Waals surface area contributed by atoms with E-state index in [0.29, 0.717) is 0 Å². The van der Waals surface area contributed by atoms with E-state index in [1.165, 1.54) is 16.5 Å². The fraction of sp³-hybridized carbons (Fsp3) is 1.00. The molecule has 0 aromatic heterocycles. The minimum atomic E-state index is -0.691. The van der Waals surface area contributed by atoms with Gasteiger partial charge in [0.2, 0.25) is 0 Å². The van der Waals surface area contributed by atoms with Gasteiger partial charge in [-0.05, 0) is 4.05 Å². The number of alkyl halides is 1. The molecule has 0 heterocycles. The SMILES string of the molecule is CCC[Si](C)(C)CI. The Hall–Kier alpha value is 0.947. The van der Waals surface area contributed by atoms with Crippen LogP contribution in [0.4, 0.5) is 0 Å². The van der Waals surface area contributed by atoms with Crippen LogP contribution >= 0.6 is 22.6 Å². The zero-order chi connectivity index (χ0) is 6.62. The Morgan fingerprint density at radius 2 is 1.88 bits per heavy atom. The van der Waals surface area contributed by atoms with Crippen LogP contribution in [0.3, 0.4) is 0 Å². The normalized spacial score (nSPS) is 12.0. The lowest BCUT2D eigenvalue weighted by atomic mass is 10.6. The molecule has 0 bridgehead atoms. The summed E-state index contributed by atoms with van der Waals surface area (Å²) in [5.74, 6) is 0. The van der Waals surface area contributed by atoms with Gasteiger partial charge < -0.3 is 0 Å². The third kappa shape index (κ3) is 3.89. The zero-order valence-electron chi connectivity index (χ0n) is 6.00. The molecule has 2 heteroatoms. The summed E-state index contributed by atoms with van der Waals surface area (Å²) in [6.45, 7) is 7.20. The fourth-order valence-electron chi connectivity index (χ4n) is 0.744. The Labute approximate surface area is 67.2 Å². The molecule has 0 aliphatic rings. The van der Waals surface area contributed by atoms with Crippen LogP contribution in [-0.2, 0) is 0 Å². The maximum absolute atomic E-state index is 2.52. The van der Waals surface area contributed by atoms with Crippen LogP contribution in [0.1, 0.15) is 13.3 Å². The molecule has 0 saturated carbocycles. The standard InChI is InChI=1S/C6H15ISi/c1-4-5-8(2,3)6-7/h4-6H2,1-3H3. The largest absolute Gasteiger partial charge is 0.0897 e. The highest BCUT2D eigenvalue weighted by Gasteiger charge is 2.16. The highest BCUT2D eigenvalue weighted by Crippen LogP contribution is 2.13. The average Bonchev–Trinajstić information content (AvgIpc) is 1.67. The summed E-state index contributed by atoms with van der Waals surface area (Å²) in [4.78, 5) is 0. The second-order valence-corrected chi connectivity index (χ2v) is 10.4. The van der Waals surface area contributed by atoms with E-state index in [0.717, 1.165) is 0 Å². The molecule has 0 atom stereocenters. The Morgan fingerprint density at radius 3 is 2.00 bits per heavy atom. The van der Waals surface area contributed by atoms with Crippen LogP contribution in [0.25, 0.3) is 0 Å². The van der Waals surface area contributed by atoms with Crippen molar-refractivity contribution in [3.05, 3.63) is 0 Å². The minimum absolute atomic E-state index is 0.691. The summed E-state index contributed by atoms with van der Waals surface area (Å²) < 4.78 is 1.42. The Morgan fingerprint density at radius 1 is 1.38 bits per heavy atom. The molecule has 0 radical (unpaired) electrons. The van der Waals surface area contributed by atoms with Crippen molar-refractivity contribution in [2.24, 2.45) is 0 Å². The summed E-state index contributed by atoms with van der Waals surface area (Å²) in [6.07, 6.45) is 1.38. The van der Waals surface area contributed by atoms with Crippen molar-refractivity contribution in [3.63, 3.8) is 0 Å². The van der Waals surface area contributed by atoms with Gasteiger partial charge in [-0.3, -0.25) is 0 Å². The van der Waals surface area contributed by atoms with E-state index in [2.05, 4.69) is 42.6 Å². The second kappa shape index (κ2) is 3.88. The van der Waals surface area contributed by atoms with E-state index in [1.54, 1.807) is 0 Å². The van der Waals surface area contributed by atoms with Gasteiger partial charge in [-0.1, -0.05) is 55.1 Å². The number of hydrogen-bond donors (Lipinski definition) is 0. The van der Waals surface area contributed by atoms with Gasteiger partial charge >= 0.3 is 0 Å². The first kappa shape index (κ1) is 8.95. The van der Waals surface area contributed by atoms with Gasteiger partial charge in [0, 0.05) is 0 Å². The molecule has 0 aliphatic carbocycles. The van der Waals surface area contributed by atoms with Crippen molar-refractivity contribution >= 4 is 30.7 Å². The van der Waals surface area contributed by atoms with Crippen LogP contribution in [0.2, 0.25) is 19.1 Å². The average molecular weight is 242 g/mol. The van der Waals surface area contributed by atoms with Crippen molar-refractivity contribution in [2.75, 3.05) is 4.05 Å². The lowest BCUT2D eigenvalue weighted by molar-refractivity contribution is 1.05. The van der Waals surface area contributed by atoms with Gasteiger partial charge in [0.15, 0.2) is 0 Å². The molecule has 0 aliphatic heterocycles. The van der Waals surface area contributed by atoms with E-state index < -0.39 is 8.07 Å². The van der Waals surface area contributed by atoms with E-state index in [4.69, 9.17) is 0 Å². The molecule has 0 fully saturated rings. The van der Waals surface area contributed by atoms with Crippen molar-refractivity contribution in [3.8, 4) is 0 Å². The number of halogens is 1. The van der Waals surface area contributed by atoms with Crippen LogP contribution in [0.15, 0.2) is 0 Å². The van der Waals surface area contributed by atoms with Crippen LogP contribution < -0.4 is 0 Å². The minimum Gasteiger partial charge on any atom is -0.0897 e. The summed E-state index contributed by atoms with van der Waals surface area (Å²) in [6, 6.07) is 1.50. The predicted octanol–water partition coefficient (Wildman–Crippen LogP) is 3.08. The highest BCUT2D eigenvalue weighted by molar-refractivity contribution is 14.1. The maximum Gasteiger partial charge on any atom is 0.0578 e. The van der Waals surface area contributed by atoms with Gasteiger partial charge in [0.25, 0.3) is 0 Å². The summed E-state index contributed by atoms with van der Waals surface area (Å²) in [5.41, 5.74) is 0. The molecule has 0 amide bonds. The second-order valence-electron chi connectivity index (χ2n) is 3.05. The monoisotopic (exact) mass is 242 g/mol. The third-order valence-corrected chi connectivity index (χ3v) is 10.1. The molecule has 0 nitrogen and oxygen atoms in total. The summed E-state index contributed by atoms with van der Waals surface area (Å²) in [7, 11) is -0.691. The Balaban J connectivity index is 3.37. The van der Waals surface area contributed by atoms with Crippen LogP contribution in [-0.4, -0.2) is 12.1 Å². The van der Waals surface area contributed by atoms with Gasteiger partial charge in [-0.2, -0.15) is 0 Å². The summed E-state index contributed by atoms with van der Waals surface area (Å²) in [5, 5.41) is 0. The molecule has 0 spiro atoms.